The van der Waals surface area contributed by atoms with E-state index in [0.717, 1.165) is 9.38 Å². The summed E-state index contributed by atoms with van der Waals surface area (Å²) in [6, 6.07) is 8.21. The Labute approximate surface area is 96.8 Å². The van der Waals surface area contributed by atoms with E-state index in [0.29, 0.717) is 0 Å². The first kappa shape index (κ1) is 12.3. The molecule has 1 rings (SSSR count). The van der Waals surface area contributed by atoms with E-state index in [4.69, 9.17) is 0 Å². The van der Waals surface area contributed by atoms with E-state index < -0.39 is 0 Å². The van der Waals surface area contributed by atoms with E-state index >= 15 is 0 Å². The molecule has 0 aromatic heterocycles. The van der Waals surface area contributed by atoms with Gasteiger partial charge in [0.15, 0.2) is 0 Å². The van der Waals surface area contributed by atoms with Crippen molar-refractivity contribution in [1.82, 2.24) is 4.48 Å². The van der Waals surface area contributed by atoms with Crippen molar-refractivity contribution < 1.29 is 24.0 Å². The van der Waals surface area contributed by atoms with Crippen molar-refractivity contribution in [1.29, 1.82) is 0 Å². The molecule has 0 aliphatic carbocycles. The summed E-state index contributed by atoms with van der Waals surface area (Å²) in [6.07, 6.45) is 0. The molecule has 0 N–H and O–H groups in total. The maximum Gasteiger partial charge on any atom is 0.133 e. The highest BCUT2D eigenvalue weighted by Gasteiger charge is 2.10. The molecule has 0 saturated carbocycles. The summed E-state index contributed by atoms with van der Waals surface area (Å²) in [5.41, 5.74) is 1.28. The predicted octanol–water partition coefficient (Wildman–Crippen LogP) is -0.824. The van der Waals surface area contributed by atoms with Crippen molar-refractivity contribution in [2.75, 3.05) is 21.1 Å². The fourth-order valence-corrected chi connectivity index (χ4v) is 1.13. The van der Waals surface area contributed by atoms with E-state index in [1.165, 1.54) is 5.69 Å². The van der Waals surface area contributed by atoms with E-state index in [1.54, 1.807) is 0 Å². The molecule has 0 unspecified atom stereocenters. The van der Waals surface area contributed by atoms with Gasteiger partial charge in [0, 0.05) is 11.0 Å². The third-order valence-electron chi connectivity index (χ3n) is 1.60. The molecule has 0 heterocycles. The predicted molar refractivity (Wildman–Crippen MR) is 53.3 cm³/mol. The number of quaternary nitrogens is 1. The highest BCUT2D eigenvalue weighted by molar-refractivity contribution is 7.80. The van der Waals surface area contributed by atoms with Crippen LogP contribution in [-0.2, 0) is 0 Å². The monoisotopic (exact) mass is 295 g/mol. The Morgan fingerprint density at radius 2 is 1.75 bits per heavy atom. The van der Waals surface area contributed by atoms with Crippen molar-refractivity contribution in [3.63, 3.8) is 0 Å². The first-order valence-corrected chi connectivity index (χ1v) is 4.06. The third-order valence-corrected chi connectivity index (χ3v) is 1.88. The number of thiol groups is 1. The largest absolute Gasteiger partial charge is 1.00 e. The SMILES string of the molecule is C[N+](C)(C)c1cccc(S)c1.[I-]. The van der Waals surface area contributed by atoms with Gasteiger partial charge in [-0.1, -0.05) is 6.07 Å². The second-order valence-electron chi connectivity index (χ2n) is 3.53. The lowest BCUT2D eigenvalue weighted by Gasteiger charge is -2.23. The van der Waals surface area contributed by atoms with Crippen LogP contribution >= 0.6 is 12.6 Å². The minimum Gasteiger partial charge on any atom is -1.00 e. The molecule has 0 saturated heterocycles. The Hall–Kier alpha value is 0.260. The van der Waals surface area contributed by atoms with Gasteiger partial charge in [0.2, 0.25) is 0 Å². The highest BCUT2D eigenvalue weighted by Crippen LogP contribution is 2.19. The molecule has 0 amide bonds. The Balaban J connectivity index is 0.00000121. The summed E-state index contributed by atoms with van der Waals surface area (Å²) in [5.74, 6) is 0. The van der Waals surface area contributed by atoms with Gasteiger partial charge in [-0.2, -0.15) is 0 Å². The molecule has 0 radical (unpaired) electrons. The summed E-state index contributed by atoms with van der Waals surface area (Å²) in [5, 5.41) is 0. The molecule has 1 nitrogen and oxygen atoms in total. The number of halogens is 1. The summed E-state index contributed by atoms with van der Waals surface area (Å²) in [7, 11) is 6.42. The van der Waals surface area contributed by atoms with Gasteiger partial charge in [0.1, 0.15) is 5.69 Å². The minimum atomic E-state index is 0. The molecular weight excluding hydrogens is 281 g/mol. The Kier molecular flexibility index (Phi) is 4.58. The molecule has 0 spiro atoms. The van der Waals surface area contributed by atoms with Crippen LogP contribution in [0.5, 0.6) is 0 Å². The molecule has 0 bridgehead atoms. The molecule has 12 heavy (non-hydrogen) atoms. The molecular formula is C9H14INS. The number of rotatable bonds is 1. The smallest absolute Gasteiger partial charge is 0.133 e. The van der Waals surface area contributed by atoms with E-state index in [1.807, 2.05) is 12.1 Å². The zero-order valence-corrected chi connectivity index (χ0v) is 10.6. The van der Waals surface area contributed by atoms with Crippen LogP contribution in [-0.4, -0.2) is 21.1 Å². The lowest BCUT2D eigenvalue weighted by atomic mass is 10.3. The van der Waals surface area contributed by atoms with Crippen LogP contribution in [0.2, 0.25) is 0 Å². The van der Waals surface area contributed by atoms with Crippen LogP contribution < -0.4 is 28.5 Å². The van der Waals surface area contributed by atoms with Gasteiger partial charge in [-0.25, -0.2) is 0 Å². The topological polar surface area (TPSA) is 0 Å². The van der Waals surface area contributed by atoms with Gasteiger partial charge in [-0.15, -0.1) is 12.6 Å². The Bertz CT molecular complexity index is 255. The number of benzene rings is 1. The maximum absolute atomic E-state index is 4.28. The fourth-order valence-electron chi connectivity index (χ4n) is 0.910. The molecule has 0 aliphatic rings. The van der Waals surface area contributed by atoms with Crippen LogP contribution in [0.4, 0.5) is 5.69 Å². The summed E-state index contributed by atoms with van der Waals surface area (Å²) >= 11 is 4.28. The lowest BCUT2D eigenvalue weighted by molar-refractivity contribution is -0.00000246. The first-order valence-electron chi connectivity index (χ1n) is 3.61. The molecule has 0 fully saturated rings. The number of hydrogen-bond acceptors (Lipinski definition) is 1. The minimum absolute atomic E-state index is 0. The van der Waals surface area contributed by atoms with Crippen LogP contribution in [0.1, 0.15) is 0 Å². The zero-order valence-electron chi connectivity index (χ0n) is 7.58. The van der Waals surface area contributed by atoms with Gasteiger partial charge in [-0.05, 0) is 12.1 Å². The molecule has 68 valence electrons. The second kappa shape index (κ2) is 4.48. The second-order valence-corrected chi connectivity index (χ2v) is 4.05. The number of hydrogen-bond donors (Lipinski definition) is 1. The molecule has 0 aliphatic heterocycles. The zero-order chi connectivity index (χ0) is 8.48. The average Bonchev–Trinajstić information content (AvgIpc) is 1.86. The first-order chi connectivity index (χ1) is 5.00. The third kappa shape index (κ3) is 3.33. The quantitative estimate of drug-likeness (QED) is 0.390. The maximum atomic E-state index is 4.28. The van der Waals surface area contributed by atoms with Crippen LogP contribution in [0.3, 0.4) is 0 Å². The van der Waals surface area contributed by atoms with Crippen LogP contribution in [0.25, 0.3) is 0 Å². The summed E-state index contributed by atoms with van der Waals surface area (Å²) in [6.45, 7) is 0. The van der Waals surface area contributed by atoms with Crippen LogP contribution in [0, 0.1) is 0 Å². The van der Waals surface area contributed by atoms with E-state index in [-0.39, 0.29) is 24.0 Å². The van der Waals surface area contributed by atoms with E-state index in [9.17, 15) is 0 Å². The van der Waals surface area contributed by atoms with Crippen molar-refractivity contribution in [2.45, 2.75) is 4.90 Å². The molecule has 1 aromatic rings. The molecule has 3 heteroatoms. The molecule has 0 atom stereocenters. The van der Waals surface area contributed by atoms with Gasteiger partial charge in [0.25, 0.3) is 0 Å². The van der Waals surface area contributed by atoms with Gasteiger partial charge in [0.05, 0.1) is 21.1 Å². The van der Waals surface area contributed by atoms with Crippen molar-refractivity contribution in [2.24, 2.45) is 0 Å². The standard InChI is InChI=1S/C9H13NS.HI/c1-10(2,3)8-5-4-6-9(11)7-8;/h4-7H,1-3H3;1H. The van der Waals surface area contributed by atoms with Gasteiger partial charge >= 0.3 is 0 Å². The van der Waals surface area contributed by atoms with Crippen molar-refractivity contribution >= 4 is 18.3 Å². The molecule has 1 aromatic carbocycles. The number of nitrogens with zero attached hydrogens (tertiary/aromatic N) is 1. The Morgan fingerprint density at radius 1 is 1.17 bits per heavy atom. The Morgan fingerprint density at radius 3 is 2.08 bits per heavy atom. The summed E-state index contributed by atoms with van der Waals surface area (Å²) < 4.78 is 0.842. The lowest BCUT2D eigenvalue weighted by Crippen LogP contribution is -3.00. The van der Waals surface area contributed by atoms with Gasteiger partial charge < -0.3 is 24.0 Å². The van der Waals surface area contributed by atoms with E-state index in [2.05, 4.69) is 45.9 Å². The van der Waals surface area contributed by atoms with Gasteiger partial charge in [-0.3, -0.25) is 4.48 Å². The average molecular weight is 295 g/mol. The summed E-state index contributed by atoms with van der Waals surface area (Å²) in [4.78, 5) is 1.02. The van der Waals surface area contributed by atoms with Crippen LogP contribution in [0.15, 0.2) is 29.2 Å². The fraction of sp³-hybridized carbons (Fsp3) is 0.333. The van der Waals surface area contributed by atoms with Crippen molar-refractivity contribution in [3.05, 3.63) is 24.3 Å². The van der Waals surface area contributed by atoms with Crippen molar-refractivity contribution in [3.8, 4) is 0 Å². The highest BCUT2D eigenvalue weighted by atomic mass is 127. The normalized spacial score (nSPS) is 10.7.